The Balaban J connectivity index is 1.10. The molecule has 4 heterocycles. The first-order valence-corrected chi connectivity index (χ1v) is 9.86. The highest BCUT2D eigenvalue weighted by atomic mass is 16.4. The van der Waals surface area contributed by atoms with Gasteiger partial charge in [-0.1, -0.05) is 0 Å². The average Bonchev–Trinajstić information content (AvgIpc) is 3.11. The van der Waals surface area contributed by atoms with Crippen LogP contribution >= 0.6 is 0 Å². The van der Waals surface area contributed by atoms with Gasteiger partial charge in [0, 0.05) is 38.1 Å². The molecule has 1 aliphatic carbocycles. The number of likely N-dealkylation sites (tertiary alicyclic amines) is 1. The van der Waals surface area contributed by atoms with Gasteiger partial charge in [-0.3, -0.25) is 14.6 Å². The molecule has 1 saturated heterocycles. The van der Waals surface area contributed by atoms with Crippen molar-refractivity contribution >= 4 is 22.8 Å². The first kappa shape index (κ1) is 17.9. The fraction of sp³-hybridized carbons (Fsp3) is 0.429. The van der Waals surface area contributed by atoms with Crippen molar-refractivity contribution in [2.24, 2.45) is 17.8 Å². The van der Waals surface area contributed by atoms with Gasteiger partial charge in [0.15, 0.2) is 17.2 Å². The van der Waals surface area contributed by atoms with E-state index in [1.165, 1.54) is 0 Å². The molecule has 0 unspecified atom stereocenters. The number of aryl methyl sites for hydroxylation is 2. The molecule has 3 aromatic rings. The molecule has 1 N–H and O–H groups in total. The number of rotatable bonds is 5. The van der Waals surface area contributed by atoms with Gasteiger partial charge in [-0.15, -0.1) is 0 Å². The summed E-state index contributed by atoms with van der Waals surface area (Å²) in [7, 11) is 0. The van der Waals surface area contributed by atoms with Gasteiger partial charge in [-0.2, -0.15) is 0 Å². The summed E-state index contributed by atoms with van der Waals surface area (Å²) in [6, 6.07) is 3.55. The summed E-state index contributed by atoms with van der Waals surface area (Å²) in [6.45, 7) is 5.64. The molecule has 2 fully saturated rings. The van der Waals surface area contributed by atoms with Crippen LogP contribution in [-0.4, -0.2) is 46.3 Å². The van der Waals surface area contributed by atoms with Crippen LogP contribution in [0.5, 0.6) is 0 Å². The van der Waals surface area contributed by atoms with Crippen LogP contribution < -0.4 is 5.32 Å². The molecule has 150 valence electrons. The second-order valence-electron chi connectivity index (χ2n) is 7.92. The molecule has 5 rings (SSSR count). The van der Waals surface area contributed by atoms with Crippen molar-refractivity contribution in [3.63, 3.8) is 0 Å². The highest BCUT2D eigenvalue weighted by Crippen LogP contribution is 2.53. The zero-order valence-corrected chi connectivity index (χ0v) is 16.3. The molecular weight excluding hydrogens is 372 g/mol. The van der Waals surface area contributed by atoms with E-state index in [0.29, 0.717) is 53.0 Å². The van der Waals surface area contributed by atoms with Gasteiger partial charge in [0.1, 0.15) is 0 Å². The van der Waals surface area contributed by atoms with Crippen molar-refractivity contribution in [1.29, 1.82) is 0 Å². The van der Waals surface area contributed by atoms with Gasteiger partial charge in [0.2, 0.25) is 5.76 Å². The molecule has 3 atom stereocenters. The maximum atomic E-state index is 12.6. The fourth-order valence-electron chi connectivity index (χ4n) is 4.55. The summed E-state index contributed by atoms with van der Waals surface area (Å²) >= 11 is 0. The minimum atomic E-state index is -0.208. The van der Waals surface area contributed by atoms with Crippen LogP contribution in [0, 0.1) is 31.6 Å². The third-order valence-electron chi connectivity index (χ3n) is 6.07. The van der Waals surface area contributed by atoms with E-state index in [9.17, 15) is 9.59 Å². The lowest BCUT2D eigenvalue weighted by molar-refractivity contribution is 0.0733. The normalized spacial score (nSPS) is 22.7. The van der Waals surface area contributed by atoms with E-state index in [4.69, 9.17) is 8.83 Å². The standard InChI is InChI=1S/C21H22N4O4/c1-11-19(28-12(2)24-11)21(27)25-9-15-14(16(15)10-25)4-6-23-20(26)17-7-13-3-5-22-8-18(13)29-17/h3,5,7-8,14-16H,4,6,9-10H2,1-2H3,(H,23,26)/t14-,15-,16+. The fourth-order valence-corrected chi connectivity index (χ4v) is 4.55. The van der Waals surface area contributed by atoms with Gasteiger partial charge in [0.25, 0.3) is 11.8 Å². The smallest absolute Gasteiger partial charge is 0.291 e. The van der Waals surface area contributed by atoms with E-state index in [1.54, 1.807) is 32.3 Å². The molecule has 0 bridgehead atoms. The van der Waals surface area contributed by atoms with Crippen molar-refractivity contribution in [3.8, 4) is 0 Å². The summed E-state index contributed by atoms with van der Waals surface area (Å²) in [4.78, 5) is 34.9. The monoisotopic (exact) mass is 394 g/mol. The van der Waals surface area contributed by atoms with Crippen molar-refractivity contribution < 1.29 is 18.4 Å². The van der Waals surface area contributed by atoms with Crippen LogP contribution in [0.1, 0.15) is 39.1 Å². The van der Waals surface area contributed by atoms with E-state index in [0.717, 1.165) is 24.9 Å². The molecule has 2 amide bonds. The van der Waals surface area contributed by atoms with Gasteiger partial charge < -0.3 is 19.1 Å². The number of piperidine rings is 1. The third kappa shape index (κ3) is 3.18. The topological polar surface area (TPSA) is 101 Å². The number of pyridine rings is 1. The van der Waals surface area contributed by atoms with E-state index < -0.39 is 0 Å². The Labute approximate surface area is 167 Å². The van der Waals surface area contributed by atoms with E-state index in [2.05, 4.69) is 15.3 Å². The Morgan fingerprint density at radius 2 is 2.03 bits per heavy atom. The van der Waals surface area contributed by atoms with E-state index in [1.807, 2.05) is 11.0 Å². The molecular formula is C21H22N4O4. The predicted octanol–water partition coefficient (Wildman–Crippen LogP) is 2.57. The highest BCUT2D eigenvalue weighted by Gasteiger charge is 2.56. The number of carbonyl (C=O) groups is 2. The maximum Gasteiger partial charge on any atom is 0.291 e. The second kappa shape index (κ2) is 6.72. The van der Waals surface area contributed by atoms with Gasteiger partial charge in [-0.05, 0) is 43.2 Å². The number of amides is 2. The Morgan fingerprint density at radius 1 is 1.24 bits per heavy atom. The largest absolute Gasteiger partial charge is 0.449 e. The van der Waals surface area contributed by atoms with Crippen LogP contribution in [-0.2, 0) is 0 Å². The van der Waals surface area contributed by atoms with Gasteiger partial charge >= 0.3 is 0 Å². The molecule has 0 spiro atoms. The molecule has 2 aliphatic rings. The van der Waals surface area contributed by atoms with Crippen LogP contribution in [0.4, 0.5) is 0 Å². The minimum Gasteiger partial charge on any atom is -0.449 e. The lowest BCUT2D eigenvalue weighted by atomic mass is 10.2. The van der Waals surface area contributed by atoms with E-state index in [-0.39, 0.29) is 11.8 Å². The molecule has 8 nitrogen and oxygen atoms in total. The Morgan fingerprint density at radius 3 is 2.72 bits per heavy atom. The number of aromatic nitrogens is 2. The number of oxazole rings is 1. The maximum absolute atomic E-state index is 12.6. The first-order valence-electron chi connectivity index (χ1n) is 9.86. The SMILES string of the molecule is Cc1nc(C)c(C(=O)N2C[C@@H]3[C@@H](CCNC(=O)c4cc5ccncc5o4)[C@@H]3C2)o1. The van der Waals surface area contributed by atoms with E-state index >= 15 is 0 Å². The third-order valence-corrected chi connectivity index (χ3v) is 6.07. The number of nitrogens with one attached hydrogen (secondary N) is 1. The summed E-state index contributed by atoms with van der Waals surface area (Å²) < 4.78 is 11.0. The van der Waals surface area contributed by atoms with Crippen LogP contribution in [0.3, 0.4) is 0 Å². The number of hydrogen-bond donors (Lipinski definition) is 1. The number of carbonyl (C=O) groups excluding carboxylic acids is 2. The molecule has 8 heteroatoms. The van der Waals surface area contributed by atoms with Crippen molar-refractivity contribution in [1.82, 2.24) is 20.2 Å². The molecule has 1 saturated carbocycles. The molecule has 3 aromatic heterocycles. The lowest BCUT2D eigenvalue weighted by Gasteiger charge is -2.18. The van der Waals surface area contributed by atoms with Crippen LogP contribution in [0.25, 0.3) is 11.0 Å². The molecule has 29 heavy (non-hydrogen) atoms. The number of nitrogens with zero attached hydrogens (tertiary/aromatic N) is 3. The zero-order chi connectivity index (χ0) is 20.1. The summed E-state index contributed by atoms with van der Waals surface area (Å²) in [5.41, 5.74) is 1.25. The highest BCUT2D eigenvalue weighted by molar-refractivity contribution is 5.95. The first-order chi connectivity index (χ1) is 14.0. The van der Waals surface area contributed by atoms with Crippen LogP contribution in [0.2, 0.25) is 0 Å². The lowest BCUT2D eigenvalue weighted by Crippen LogP contribution is -2.32. The Bertz CT molecular complexity index is 1060. The number of fused-ring (bicyclic) bond motifs is 2. The average molecular weight is 394 g/mol. The van der Waals surface area contributed by atoms with Gasteiger partial charge in [0.05, 0.1) is 11.9 Å². The van der Waals surface area contributed by atoms with Crippen LogP contribution in [0.15, 0.2) is 33.4 Å². The minimum absolute atomic E-state index is 0.0678. The van der Waals surface area contributed by atoms with Crippen molar-refractivity contribution in [2.45, 2.75) is 20.3 Å². The Hall–Kier alpha value is -3.16. The summed E-state index contributed by atoms with van der Waals surface area (Å²) in [5.74, 6) is 2.48. The number of furan rings is 1. The molecule has 0 radical (unpaired) electrons. The predicted molar refractivity (Wildman–Crippen MR) is 103 cm³/mol. The van der Waals surface area contributed by atoms with Gasteiger partial charge in [-0.25, -0.2) is 4.98 Å². The van der Waals surface area contributed by atoms with Crippen molar-refractivity contribution in [3.05, 3.63) is 47.6 Å². The summed E-state index contributed by atoms with van der Waals surface area (Å²) in [6.07, 6.45) is 4.18. The zero-order valence-electron chi connectivity index (χ0n) is 16.3. The van der Waals surface area contributed by atoms with Crippen molar-refractivity contribution in [2.75, 3.05) is 19.6 Å². The number of hydrogen-bond acceptors (Lipinski definition) is 6. The Kier molecular flexibility index (Phi) is 4.15. The second-order valence-corrected chi connectivity index (χ2v) is 7.92. The quantitative estimate of drug-likeness (QED) is 0.714. The molecule has 1 aliphatic heterocycles. The summed E-state index contributed by atoms with van der Waals surface area (Å²) in [5, 5.41) is 3.80. The molecule has 0 aromatic carbocycles.